The molecule has 0 bridgehead atoms. The SMILES string of the molecule is C=C(C)/C(C)=C(/C)C(=O)OC. The largest absolute Gasteiger partial charge is 0.466 e. The van der Waals surface area contributed by atoms with Crippen molar-refractivity contribution >= 4 is 5.97 Å². The predicted octanol–water partition coefficient (Wildman–Crippen LogP) is 2.07. The number of carbonyl (C=O) groups excluding carboxylic acids is 1. The summed E-state index contributed by atoms with van der Waals surface area (Å²) < 4.78 is 4.55. The molecule has 0 N–H and O–H groups in total. The number of rotatable bonds is 2. The maximum Gasteiger partial charge on any atom is 0.333 e. The van der Waals surface area contributed by atoms with E-state index in [-0.39, 0.29) is 5.97 Å². The van der Waals surface area contributed by atoms with Crippen molar-refractivity contribution in [3.8, 4) is 0 Å². The number of esters is 1. The zero-order valence-electron chi connectivity index (χ0n) is 7.52. The first-order chi connectivity index (χ1) is 5.00. The van der Waals surface area contributed by atoms with E-state index >= 15 is 0 Å². The van der Waals surface area contributed by atoms with Gasteiger partial charge in [-0.25, -0.2) is 4.79 Å². The summed E-state index contributed by atoms with van der Waals surface area (Å²) in [7, 11) is 1.37. The summed E-state index contributed by atoms with van der Waals surface area (Å²) in [6.07, 6.45) is 0. The number of ether oxygens (including phenoxy) is 1. The van der Waals surface area contributed by atoms with Crippen LogP contribution in [-0.2, 0) is 9.53 Å². The fourth-order valence-electron chi connectivity index (χ4n) is 0.626. The summed E-state index contributed by atoms with van der Waals surface area (Å²) in [4.78, 5) is 10.9. The first kappa shape index (κ1) is 9.95. The van der Waals surface area contributed by atoms with Gasteiger partial charge in [0.05, 0.1) is 7.11 Å². The van der Waals surface area contributed by atoms with Crippen LogP contribution in [0.1, 0.15) is 20.8 Å². The summed E-state index contributed by atoms with van der Waals surface area (Å²) in [5.74, 6) is -0.287. The van der Waals surface area contributed by atoms with Crippen LogP contribution in [0, 0.1) is 0 Å². The lowest BCUT2D eigenvalue weighted by Gasteiger charge is -2.04. The van der Waals surface area contributed by atoms with Crippen molar-refractivity contribution in [3.63, 3.8) is 0 Å². The monoisotopic (exact) mass is 154 g/mol. The Kier molecular flexibility index (Phi) is 3.58. The molecule has 0 spiro atoms. The molecule has 0 aromatic heterocycles. The van der Waals surface area contributed by atoms with Gasteiger partial charge in [-0.05, 0) is 26.3 Å². The lowest BCUT2D eigenvalue weighted by Crippen LogP contribution is -2.04. The zero-order chi connectivity index (χ0) is 9.02. The highest BCUT2D eigenvalue weighted by Crippen LogP contribution is 2.12. The number of hydrogen-bond donors (Lipinski definition) is 0. The van der Waals surface area contributed by atoms with Crippen LogP contribution in [0.5, 0.6) is 0 Å². The molecule has 0 rings (SSSR count). The molecule has 0 heterocycles. The molecular weight excluding hydrogens is 140 g/mol. The van der Waals surface area contributed by atoms with E-state index in [1.165, 1.54) is 7.11 Å². The molecule has 0 unspecified atom stereocenters. The van der Waals surface area contributed by atoms with Crippen LogP contribution in [-0.4, -0.2) is 13.1 Å². The normalized spacial score (nSPS) is 12.0. The Balaban J connectivity index is 4.66. The molecular formula is C9H14O2. The molecule has 0 aromatic rings. The molecule has 0 atom stereocenters. The second kappa shape index (κ2) is 3.96. The van der Waals surface area contributed by atoms with Gasteiger partial charge in [0.2, 0.25) is 0 Å². The smallest absolute Gasteiger partial charge is 0.333 e. The molecule has 62 valence electrons. The summed E-state index contributed by atoms with van der Waals surface area (Å²) >= 11 is 0. The van der Waals surface area contributed by atoms with Crippen LogP contribution in [0.4, 0.5) is 0 Å². The van der Waals surface area contributed by atoms with Gasteiger partial charge in [0.1, 0.15) is 0 Å². The van der Waals surface area contributed by atoms with Crippen LogP contribution in [0.2, 0.25) is 0 Å². The second-order valence-electron chi connectivity index (χ2n) is 2.52. The van der Waals surface area contributed by atoms with E-state index < -0.39 is 0 Å². The molecule has 0 aliphatic heterocycles. The molecule has 0 amide bonds. The third-order valence-electron chi connectivity index (χ3n) is 1.69. The molecule has 0 aliphatic rings. The average molecular weight is 154 g/mol. The molecule has 0 aromatic carbocycles. The van der Waals surface area contributed by atoms with Gasteiger partial charge in [-0.3, -0.25) is 0 Å². The summed E-state index contributed by atoms with van der Waals surface area (Å²) in [5, 5.41) is 0. The van der Waals surface area contributed by atoms with E-state index in [9.17, 15) is 4.79 Å². The first-order valence-corrected chi connectivity index (χ1v) is 3.42. The fourth-order valence-corrected chi connectivity index (χ4v) is 0.626. The maximum absolute atomic E-state index is 10.9. The van der Waals surface area contributed by atoms with Crippen molar-refractivity contribution in [3.05, 3.63) is 23.3 Å². The third kappa shape index (κ3) is 2.58. The highest BCUT2D eigenvalue weighted by Gasteiger charge is 2.06. The van der Waals surface area contributed by atoms with E-state index in [4.69, 9.17) is 0 Å². The summed E-state index contributed by atoms with van der Waals surface area (Å²) in [5.41, 5.74) is 2.42. The Morgan fingerprint density at radius 2 is 1.64 bits per heavy atom. The van der Waals surface area contributed by atoms with E-state index in [1.54, 1.807) is 6.92 Å². The molecule has 2 nitrogen and oxygen atoms in total. The topological polar surface area (TPSA) is 26.3 Å². The molecule has 2 heteroatoms. The average Bonchev–Trinajstić information content (AvgIpc) is 2.00. The highest BCUT2D eigenvalue weighted by molar-refractivity contribution is 5.89. The Labute approximate surface area is 67.6 Å². The van der Waals surface area contributed by atoms with E-state index in [1.807, 2.05) is 13.8 Å². The van der Waals surface area contributed by atoms with Gasteiger partial charge in [-0.2, -0.15) is 0 Å². The Bertz CT molecular complexity index is 212. The minimum absolute atomic E-state index is 0.287. The highest BCUT2D eigenvalue weighted by atomic mass is 16.5. The van der Waals surface area contributed by atoms with Gasteiger partial charge in [0.25, 0.3) is 0 Å². The van der Waals surface area contributed by atoms with Gasteiger partial charge in [-0.15, -0.1) is 0 Å². The van der Waals surface area contributed by atoms with Crippen LogP contribution in [0.3, 0.4) is 0 Å². The lowest BCUT2D eigenvalue weighted by molar-refractivity contribution is -0.136. The minimum atomic E-state index is -0.287. The van der Waals surface area contributed by atoms with E-state index in [0.29, 0.717) is 5.57 Å². The zero-order valence-corrected chi connectivity index (χ0v) is 7.52. The number of carbonyl (C=O) groups is 1. The van der Waals surface area contributed by atoms with Crippen molar-refractivity contribution in [2.24, 2.45) is 0 Å². The van der Waals surface area contributed by atoms with E-state index in [0.717, 1.165) is 11.1 Å². The third-order valence-corrected chi connectivity index (χ3v) is 1.69. The van der Waals surface area contributed by atoms with Crippen LogP contribution in [0.25, 0.3) is 0 Å². The van der Waals surface area contributed by atoms with Crippen LogP contribution < -0.4 is 0 Å². The molecule has 11 heavy (non-hydrogen) atoms. The van der Waals surface area contributed by atoms with Crippen molar-refractivity contribution in [1.29, 1.82) is 0 Å². The summed E-state index contributed by atoms with van der Waals surface area (Å²) in [6.45, 7) is 9.18. The first-order valence-electron chi connectivity index (χ1n) is 3.42. The van der Waals surface area contributed by atoms with Crippen molar-refractivity contribution in [2.45, 2.75) is 20.8 Å². The van der Waals surface area contributed by atoms with Crippen molar-refractivity contribution in [2.75, 3.05) is 7.11 Å². The Hall–Kier alpha value is -1.05. The number of methoxy groups -OCH3 is 1. The van der Waals surface area contributed by atoms with Crippen molar-refractivity contribution < 1.29 is 9.53 Å². The molecule has 0 radical (unpaired) electrons. The standard InChI is InChI=1S/C9H14O2/c1-6(2)7(3)8(4)9(10)11-5/h1H2,2-5H3/b8-7-. The quantitative estimate of drug-likeness (QED) is 0.346. The van der Waals surface area contributed by atoms with Gasteiger partial charge in [0.15, 0.2) is 0 Å². The lowest BCUT2D eigenvalue weighted by atomic mass is 10.1. The molecule has 0 fully saturated rings. The van der Waals surface area contributed by atoms with Gasteiger partial charge < -0.3 is 4.74 Å². The summed E-state index contributed by atoms with van der Waals surface area (Å²) in [6, 6.07) is 0. The number of allylic oxidation sites excluding steroid dienone is 2. The molecule has 0 saturated heterocycles. The molecule has 0 aliphatic carbocycles. The van der Waals surface area contributed by atoms with Crippen molar-refractivity contribution in [1.82, 2.24) is 0 Å². The minimum Gasteiger partial charge on any atom is -0.466 e. The Morgan fingerprint density at radius 3 is 1.91 bits per heavy atom. The predicted molar refractivity (Wildman–Crippen MR) is 45.2 cm³/mol. The fraction of sp³-hybridized carbons (Fsp3) is 0.444. The van der Waals surface area contributed by atoms with Gasteiger partial charge in [0, 0.05) is 5.57 Å². The van der Waals surface area contributed by atoms with Crippen LogP contribution >= 0.6 is 0 Å². The molecule has 0 saturated carbocycles. The van der Waals surface area contributed by atoms with E-state index in [2.05, 4.69) is 11.3 Å². The van der Waals surface area contributed by atoms with Gasteiger partial charge >= 0.3 is 5.97 Å². The number of hydrogen-bond acceptors (Lipinski definition) is 2. The second-order valence-corrected chi connectivity index (χ2v) is 2.52. The maximum atomic E-state index is 10.9. The Morgan fingerprint density at radius 1 is 1.18 bits per heavy atom. The van der Waals surface area contributed by atoms with Gasteiger partial charge in [-0.1, -0.05) is 12.2 Å². The van der Waals surface area contributed by atoms with Crippen LogP contribution in [0.15, 0.2) is 23.3 Å².